The zero-order chi connectivity index (χ0) is 10.7. The van der Waals surface area contributed by atoms with Crippen molar-refractivity contribution in [3.05, 3.63) is 0 Å². The van der Waals surface area contributed by atoms with E-state index in [2.05, 4.69) is 17.6 Å². The zero-order valence-corrected chi connectivity index (χ0v) is 9.46. The molecule has 0 spiro atoms. The molecule has 2 heterocycles. The van der Waals surface area contributed by atoms with Crippen molar-refractivity contribution < 1.29 is 4.79 Å². The third-order valence-electron chi connectivity index (χ3n) is 3.46. The van der Waals surface area contributed by atoms with E-state index in [0.717, 1.165) is 32.7 Å². The Hall–Kier alpha value is -0.610. The van der Waals surface area contributed by atoms with Gasteiger partial charge in [0.05, 0.1) is 6.04 Å². The number of hydrogen-bond acceptors (Lipinski definition) is 3. The lowest BCUT2D eigenvalue weighted by atomic mass is 9.91. The second-order valence-corrected chi connectivity index (χ2v) is 4.63. The van der Waals surface area contributed by atoms with Crippen molar-refractivity contribution in [1.82, 2.24) is 15.5 Å². The van der Waals surface area contributed by atoms with E-state index in [1.165, 1.54) is 12.8 Å². The average Bonchev–Trinajstić information content (AvgIpc) is 2.30. The largest absolute Gasteiger partial charge is 0.339 e. The second kappa shape index (κ2) is 4.94. The smallest absolute Gasteiger partial charge is 0.240 e. The van der Waals surface area contributed by atoms with Crippen molar-refractivity contribution >= 4 is 5.91 Å². The first-order valence-electron chi connectivity index (χ1n) is 6.02. The fraction of sp³-hybridized carbons (Fsp3) is 0.909. The zero-order valence-electron chi connectivity index (χ0n) is 9.46. The van der Waals surface area contributed by atoms with E-state index in [9.17, 15) is 4.79 Å². The SMILES string of the molecule is CC1CCCNC1C(=O)N1CCNCC1. The molecule has 0 saturated carbocycles. The molecule has 0 bridgehead atoms. The summed E-state index contributed by atoms with van der Waals surface area (Å²) in [5.41, 5.74) is 0. The third kappa shape index (κ3) is 2.49. The molecule has 0 radical (unpaired) electrons. The van der Waals surface area contributed by atoms with Gasteiger partial charge in [-0.15, -0.1) is 0 Å². The van der Waals surface area contributed by atoms with Gasteiger partial charge in [-0.2, -0.15) is 0 Å². The molecule has 0 aromatic rings. The highest BCUT2D eigenvalue weighted by atomic mass is 16.2. The van der Waals surface area contributed by atoms with Crippen molar-refractivity contribution in [3.63, 3.8) is 0 Å². The maximum atomic E-state index is 12.2. The number of hydrogen-bond donors (Lipinski definition) is 2. The minimum Gasteiger partial charge on any atom is -0.339 e. The average molecular weight is 211 g/mol. The van der Waals surface area contributed by atoms with Gasteiger partial charge in [-0.05, 0) is 25.3 Å². The Morgan fingerprint density at radius 3 is 2.67 bits per heavy atom. The summed E-state index contributed by atoms with van der Waals surface area (Å²) in [6.07, 6.45) is 2.38. The lowest BCUT2D eigenvalue weighted by Gasteiger charge is -2.35. The van der Waals surface area contributed by atoms with Crippen LogP contribution in [0.3, 0.4) is 0 Å². The van der Waals surface area contributed by atoms with Gasteiger partial charge in [-0.25, -0.2) is 0 Å². The molecule has 2 rings (SSSR count). The van der Waals surface area contributed by atoms with Crippen LogP contribution in [0.2, 0.25) is 0 Å². The monoisotopic (exact) mass is 211 g/mol. The molecule has 15 heavy (non-hydrogen) atoms. The van der Waals surface area contributed by atoms with Gasteiger partial charge in [0.15, 0.2) is 0 Å². The number of amides is 1. The molecule has 2 saturated heterocycles. The Morgan fingerprint density at radius 2 is 2.00 bits per heavy atom. The van der Waals surface area contributed by atoms with Gasteiger partial charge in [0, 0.05) is 26.2 Å². The van der Waals surface area contributed by atoms with E-state index in [4.69, 9.17) is 0 Å². The molecule has 2 unspecified atom stereocenters. The molecule has 0 aromatic carbocycles. The van der Waals surface area contributed by atoms with Crippen LogP contribution in [-0.2, 0) is 4.79 Å². The summed E-state index contributed by atoms with van der Waals surface area (Å²) in [4.78, 5) is 14.2. The predicted octanol–water partition coefficient (Wildman–Crippen LogP) is -0.194. The van der Waals surface area contributed by atoms with Gasteiger partial charge >= 0.3 is 0 Å². The first-order valence-corrected chi connectivity index (χ1v) is 6.02. The summed E-state index contributed by atoms with van der Waals surface area (Å²) in [5, 5.41) is 6.62. The van der Waals surface area contributed by atoms with E-state index in [1.807, 2.05) is 4.90 Å². The normalized spacial score (nSPS) is 32.7. The topological polar surface area (TPSA) is 44.4 Å². The minimum absolute atomic E-state index is 0.0665. The van der Waals surface area contributed by atoms with E-state index < -0.39 is 0 Å². The van der Waals surface area contributed by atoms with Crippen LogP contribution in [0.4, 0.5) is 0 Å². The van der Waals surface area contributed by atoms with Crippen LogP contribution in [0.15, 0.2) is 0 Å². The van der Waals surface area contributed by atoms with Crippen LogP contribution >= 0.6 is 0 Å². The van der Waals surface area contributed by atoms with Crippen molar-refractivity contribution in [2.75, 3.05) is 32.7 Å². The number of rotatable bonds is 1. The van der Waals surface area contributed by atoms with Crippen LogP contribution in [-0.4, -0.2) is 49.6 Å². The highest BCUT2D eigenvalue weighted by molar-refractivity contribution is 5.82. The first kappa shape index (κ1) is 10.9. The Balaban J connectivity index is 1.92. The van der Waals surface area contributed by atoms with Crippen molar-refractivity contribution in [2.45, 2.75) is 25.8 Å². The third-order valence-corrected chi connectivity index (χ3v) is 3.46. The lowest BCUT2D eigenvalue weighted by Crippen LogP contribution is -2.56. The van der Waals surface area contributed by atoms with Crippen molar-refractivity contribution in [1.29, 1.82) is 0 Å². The highest BCUT2D eigenvalue weighted by Crippen LogP contribution is 2.17. The van der Waals surface area contributed by atoms with E-state index in [1.54, 1.807) is 0 Å². The van der Waals surface area contributed by atoms with E-state index in [-0.39, 0.29) is 6.04 Å². The summed E-state index contributed by atoms with van der Waals surface area (Å²) in [6, 6.07) is 0.0665. The molecule has 2 fully saturated rings. The van der Waals surface area contributed by atoms with Crippen molar-refractivity contribution in [3.8, 4) is 0 Å². The summed E-state index contributed by atoms with van der Waals surface area (Å²) in [6.45, 7) is 6.77. The first-order chi connectivity index (χ1) is 7.29. The number of nitrogens with one attached hydrogen (secondary N) is 2. The highest BCUT2D eigenvalue weighted by Gasteiger charge is 2.31. The molecule has 0 aromatic heterocycles. The molecule has 4 nitrogen and oxygen atoms in total. The molecule has 0 aliphatic carbocycles. The molecule has 1 amide bonds. The molecular formula is C11H21N3O. The molecule has 2 aliphatic rings. The molecular weight excluding hydrogens is 190 g/mol. The van der Waals surface area contributed by atoms with Crippen LogP contribution in [0.5, 0.6) is 0 Å². The molecule has 4 heteroatoms. The van der Waals surface area contributed by atoms with Gasteiger partial charge in [-0.3, -0.25) is 4.79 Å². The van der Waals surface area contributed by atoms with Crippen LogP contribution in [0.25, 0.3) is 0 Å². The van der Waals surface area contributed by atoms with Gasteiger partial charge in [-0.1, -0.05) is 6.92 Å². The molecule has 2 aliphatic heterocycles. The number of carbonyl (C=O) groups is 1. The molecule has 2 N–H and O–H groups in total. The maximum Gasteiger partial charge on any atom is 0.240 e. The summed E-state index contributed by atoms with van der Waals surface area (Å²) in [7, 11) is 0. The van der Waals surface area contributed by atoms with Crippen LogP contribution in [0, 0.1) is 5.92 Å². The Morgan fingerprint density at radius 1 is 1.27 bits per heavy atom. The maximum absolute atomic E-state index is 12.2. The van der Waals surface area contributed by atoms with Gasteiger partial charge in [0.2, 0.25) is 5.91 Å². The minimum atomic E-state index is 0.0665. The lowest BCUT2D eigenvalue weighted by molar-refractivity contribution is -0.135. The number of piperazine rings is 1. The Labute approximate surface area is 91.4 Å². The summed E-state index contributed by atoms with van der Waals surface area (Å²) in [5.74, 6) is 0.796. The second-order valence-electron chi connectivity index (χ2n) is 4.63. The number of carbonyl (C=O) groups excluding carboxylic acids is 1. The van der Waals surface area contributed by atoms with Gasteiger partial charge in [0.25, 0.3) is 0 Å². The van der Waals surface area contributed by atoms with Crippen LogP contribution in [0.1, 0.15) is 19.8 Å². The van der Waals surface area contributed by atoms with Crippen LogP contribution < -0.4 is 10.6 Å². The predicted molar refractivity (Wildman–Crippen MR) is 59.6 cm³/mol. The number of piperidine rings is 1. The van der Waals surface area contributed by atoms with E-state index in [0.29, 0.717) is 11.8 Å². The molecule has 86 valence electrons. The van der Waals surface area contributed by atoms with E-state index >= 15 is 0 Å². The molecule has 2 atom stereocenters. The van der Waals surface area contributed by atoms with Crippen molar-refractivity contribution in [2.24, 2.45) is 5.92 Å². The van der Waals surface area contributed by atoms with Gasteiger partial charge in [0.1, 0.15) is 0 Å². The Bertz CT molecular complexity index is 226. The number of nitrogens with zero attached hydrogens (tertiary/aromatic N) is 1. The fourth-order valence-corrected chi connectivity index (χ4v) is 2.46. The standard InChI is InChI=1S/C11H21N3O/c1-9-3-2-4-13-10(9)11(15)14-7-5-12-6-8-14/h9-10,12-13H,2-8H2,1H3. The quantitative estimate of drug-likeness (QED) is 0.632. The van der Waals surface area contributed by atoms with Gasteiger partial charge < -0.3 is 15.5 Å². The Kier molecular flexibility index (Phi) is 3.59. The fourth-order valence-electron chi connectivity index (χ4n) is 2.46. The summed E-state index contributed by atoms with van der Waals surface area (Å²) >= 11 is 0. The summed E-state index contributed by atoms with van der Waals surface area (Å²) < 4.78 is 0.